The van der Waals surface area contributed by atoms with Crippen LogP contribution in [0.15, 0.2) is 0 Å². The summed E-state index contributed by atoms with van der Waals surface area (Å²) in [6.45, 7) is 10.2. The normalized spacial score (nSPS) is 17.0. The molecule has 2 N–H and O–H groups in total. The van der Waals surface area contributed by atoms with Gasteiger partial charge in [0.2, 0.25) is 0 Å². The van der Waals surface area contributed by atoms with Crippen molar-refractivity contribution in [2.45, 2.75) is 52.7 Å². The molecule has 0 bridgehead atoms. The number of likely N-dealkylation sites (tertiary alicyclic amines) is 1. The number of carbonyl (C=O) groups excluding carboxylic acids is 2. The zero-order valence-electron chi connectivity index (χ0n) is 14.6. The van der Waals surface area contributed by atoms with Gasteiger partial charge in [-0.3, -0.25) is 4.79 Å². The highest BCUT2D eigenvalue weighted by atomic mass is 16.6. The highest BCUT2D eigenvalue weighted by molar-refractivity contribution is 5.81. The van der Waals surface area contributed by atoms with E-state index in [-0.39, 0.29) is 19.6 Å². The Balaban J connectivity index is 2.57. The Labute approximate surface area is 136 Å². The Hall–Kier alpha value is -1.99. The van der Waals surface area contributed by atoms with Crippen molar-refractivity contribution in [2.24, 2.45) is 5.41 Å². The molecule has 8 nitrogen and oxygen atoms in total. The first-order chi connectivity index (χ1) is 10.2. The maximum absolute atomic E-state index is 11.9. The number of ether oxygens (including phenoxy) is 2. The van der Waals surface area contributed by atoms with Crippen LogP contribution in [-0.2, 0) is 14.3 Å². The Morgan fingerprint density at radius 3 is 1.91 bits per heavy atom. The minimum Gasteiger partial charge on any atom is -0.481 e. The molecule has 0 aromatic heterocycles. The molecule has 2 amide bonds. The highest BCUT2D eigenvalue weighted by Crippen LogP contribution is 2.31. The molecule has 1 heterocycles. The molecule has 1 aliphatic rings. The van der Waals surface area contributed by atoms with Crippen LogP contribution in [0.2, 0.25) is 0 Å². The average Bonchev–Trinajstić information content (AvgIpc) is 2.21. The summed E-state index contributed by atoms with van der Waals surface area (Å²) >= 11 is 0. The number of nitrogens with one attached hydrogen (secondary N) is 1. The molecule has 0 aromatic rings. The number of amides is 2. The number of carboxylic acid groups (broad SMARTS) is 1. The van der Waals surface area contributed by atoms with E-state index in [1.54, 1.807) is 41.5 Å². The van der Waals surface area contributed by atoms with Crippen LogP contribution in [-0.4, -0.2) is 59.0 Å². The summed E-state index contributed by atoms with van der Waals surface area (Å²) in [4.78, 5) is 36.3. The van der Waals surface area contributed by atoms with Gasteiger partial charge in [0.15, 0.2) is 0 Å². The van der Waals surface area contributed by atoms with E-state index < -0.39 is 34.8 Å². The maximum Gasteiger partial charge on any atom is 0.410 e. The lowest BCUT2D eigenvalue weighted by Crippen LogP contribution is -2.66. The number of carbonyl (C=O) groups is 3. The molecule has 23 heavy (non-hydrogen) atoms. The summed E-state index contributed by atoms with van der Waals surface area (Å²) in [6, 6.07) is 0. The van der Waals surface area contributed by atoms with E-state index in [0.717, 1.165) is 0 Å². The van der Waals surface area contributed by atoms with E-state index in [1.165, 1.54) is 4.90 Å². The van der Waals surface area contributed by atoms with Crippen molar-refractivity contribution in [3.8, 4) is 0 Å². The number of nitrogens with zero attached hydrogens (tertiary/aromatic N) is 1. The third-order valence-corrected chi connectivity index (χ3v) is 3.06. The van der Waals surface area contributed by atoms with Gasteiger partial charge in [0.25, 0.3) is 0 Å². The third kappa shape index (κ3) is 5.61. The van der Waals surface area contributed by atoms with Gasteiger partial charge in [-0.1, -0.05) is 0 Å². The SMILES string of the molecule is CC(C)(C)OC(=O)NCC1(C(=O)O)CN(C(=O)OC(C)(C)C)C1. The lowest BCUT2D eigenvalue weighted by atomic mass is 9.80. The quantitative estimate of drug-likeness (QED) is 0.818. The summed E-state index contributed by atoms with van der Waals surface area (Å²) in [6.07, 6.45) is -1.25. The third-order valence-electron chi connectivity index (χ3n) is 3.06. The van der Waals surface area contributed by atoms with Crippen LogP contribution in [0.25, 0.3) is 0 Å². The summed E-state index contributed by atoms with van der Waals surface area (Å²) in [7, 11) is 0. The zero-order valence-corrected chi connectivity index (χ0v) is 14.6. The van der Waals surface area contributed by atoms with Crippen molar-refractivity contribution in [3.63, 3.8) is 0 Å². The van der Waals surface area contributed by atoms with E-state index in [2.05, 4.69) is 5.32 Å². The first kappa shape index (κ1) is 19.1. The first-order valence-electron chi connectivity index (χ1n) is 7.42. The molecule has 1 aliphatic heterocycles. The van der Waals surface area contributed by atoms with Crippen LogP contribution >= 0.6 is 0 Å². The molecule has 8 heteroatoms. The lowest BCUT2D eigenvalue weighted by molar-refractivity contribution is -0.158. The fourth-order valence-corrected chi connectivity index (χ4v) is 2.02. The second kappa shape index (κ2) is 6.25. The summed E-state index contributed by atoms with van der Waals surface area (Å²) in [5.74, 6) is -1.08. The number of hydrogen-bond acceptors (Lipinski definition) is 5. The van der Waals surface area contributed by atoms with Gasteiger partial charge in [-0.2, -0.15) is 0 Å². The van der Waals surface area contributed by atoms with Crippen molar-refractivity contribution in [1.82, 2.24) is 10.2 Å². The second-order valence-electron chi connectivity index (χ2n) is 7.78. The van der Waals surface area contributed by atoms with Gasteiger partial charge in [-0.05, 0) is 41.5 Å². The molecule has 0 saturated carbocycles. The van der Waals surface area contributed by atoms with Gasteiger partial charge in [0, 0.05) is 19.6 Å². The number of aliphatic carboxylic acids is 1. The average molecular weight is 330 g/mol. The van der Waals surface area contributed by atoms with Gasteiger partial charge in [-0.15, -0.1) is 0 Å². The molecule has 0 spiro atoms. The van der Waals surface area contributed by atoms with E-state index in [0.29, 0.717) is 0 Å². The van der Waals surface area contributed by atoms with Gasteiger partial charge in [0.1, 0.15) is 16.6 Å². The second-order valence-corrected chi connectivity index (χ2v) is 7.78. The van der Waals surface area contributed by atoms with E-state index >= 15 is 0 Å². The topological polar surface area (TPSA) is 105 Å². The molecule has 0 atom stereocenters. The largest absolute Gasteiger partial charge is 0.481 e. The van der Waals surface area contributed by atoms with Crippen molar-refractivity contribution < 1.29 is 29.0 Å². The van der Waals surface area contributed by atoms with Crippen LogP contribution in [0.1, 0.15) is 41.5 Å². The van der Waals surface area contributed by atoms with Crippen molar-refractivity contribution in [3.05, 3.63) is 0 Å². The molecular weight excluding hydrogens is 304 g/mol. The molecule has 0 unspecified atom stereocenters. The first-order valence-corrected chi connectivity index (χ1v) is 7.42. The summed E-state index contributed by atoms with van der Waals surface area (Å²) in [5, 5.41) is 11.8. The number of alkyl carbamates (subject to hydrolysis) is 1. The van der Waals surface area contributed by atoms with Crippen LogP contribution in [0.5, 0.6) is 0 Å². The minimum absolute atomic E-state index is 0.0208. The molecule has 132 valence electrons. The fraction of sp³-hybridized carbons (Fsp3) is 0.800. The fourth-order valence-electron chi connectivity index (χ4n) is 2.02. The molecule has 1 rings (SSSR count). The Morgan fingerprint density at radius 2 is 1.52 bits per heavy atom. The molecule has 0 radical (unpaired) electrons. The van der Waals surface area contributed by atoms with Crippen LogP contribution < -0.4 is 5.32 Å². The van der Waals surface area contributed by atoms with Gasteiger partial charge in [-0.25, -0.2) is 9.59 Å². The zero-order chi connectivity index (χ0) is 18.1. The lowest BCUT2D eigenvalue weighted by Gasteiger charge is -2.46. The maximum atomic E-state index is 11.9. The van der Waals surface area contributed by atoms with Crippen LogP contribution in [0, 0.1) is 5.41 Å². The molecule has 0 aromatic carbocycles. The minimum atomic E-state index is -1.21. The Morgan fingerprint density at radius 1 is 1.04 bits per heavy atom. The van der Waals surface area contributed by atoms with Gasteiger partial charge >= 0.3 is 18.2 Å². The molecule has 1 fully saturated rings. The predicted molar refractivity (Wildman–Crippen MR) is 82.1 cm³/mol. The molecular formula is C15H26N2O6. The van der Waals surface area contributed by atoms with Crippen molar-refractivity contribution >= 4 is 18.2 Å². The number of rotatable bonds is 3. The smallest absolute Gasteiger partial charge is 0.410 e. The monoisotopic (exact) mass is 330 g/mol. The standard InChI is InChI=1S/C15H26N2O6/c1-13(2,3)22-11(20)16-7-15(10(18)19)8-17(9-15)12(21)23-14(4,5)6/h7-9H2,1-6H3,(H,16,20)(H,18,19). The van der Waals surface area contributed by atoms with E-state index in [4.69, 9.17) is 9.47 Å². The predicted octanol–water partition coefficient (Wildman–Crippen LogP) is 1.83. The van der Waals surface area contributed by atoms with Crippen molar-refractivity contribution in [1.29, 1.82) is 0 Å². The highest BCUT2D eigenvalue weighted by Gasteiger charge is 2.52. The van der Waals surface area contributed by atoms with E-state index in [1.807, 2.05) is 0 Å². The Bertz CT molecular complexity index is 478. The summed E-state index contributed by atoms with van der Waals surface area (Å²) < 4.78 is 10.3. The number of carboxylic acids is 1. The Kier molecular flexibility index (Phi) is 5.18. The van der Waals surface area contributed by atoms with E-state index in [9.17, 15) is 19.5 Å². The van der Waals surface area contributed by atoms with Gasteiger partial charge in [0.05, 0.1) is 0 Å². The summed E-state index contributed by atoms with van der Waals surface area (Å²) in [5.41, 5.74) is -2.52. The molecule has 0 aliphatic carbocycles. The van der Waals surface area contributed by atoms with Crippen LogP contribution in [0.4, 0.5) is 9.59 Å². The van der Waals surface area contributed by atoms with Crippen LogP contribution in [0.3, 0.4) is 0 Å². The van der Waals surface area contributed by atoms with Crippen molar-refractivity contribution in [2.75, 3.05) is 19.6 Å². The number of hydrogen-bond donors (Lipinski definition) is 2. The van der Waals surface area contributed by atoms with Gasteiger partial charge < -0.3 is 24.8 Å². The molecule has 1 saturated heterocycles.